The highest BCUT2D eigenvalue weighted by Gasteiger charge is 2.37. The maximum Gasteiger partial charge on any atom is 0.323 e. The highest BCUT2D eigenvalue weighted by molar-refractivity contribution is 5.78. The third-order valence-corrected chi connectivity index (χ3v) is 3.90. The molecule has 1 rings (SSSR count). The SMILES string of the molecule is CC(C)CC(C)(NC1CCCCC1C)C(=O)O. The average molecular weight is 241 g/mol. The lowest BCUT2D eigenvalue weighted by Crippen LogP contribution is -2.56. The minimum Gasteiger partial charge on any atom is -0.480 e. The summed E-state index contributed by atoms with van der Waals surface area (Å²) in [6.07, 6.45) is 5.52. The van der Waals surface area contributed by atoms with Crippen molar-refractivity contribution < 1.29 is 9.90 Å². The van der Waals surface area contributed by atoms with Crippen molar-refractivity contribution in [3.63, 3.8) is 0 Å². The van der Waals surface area contributed by atoms with E-state index in [1.165, 1.54) is 19.3 Å². The van der Waals surface area contributed by atoms with Crippen LogP contribution in [0.25, 0.3) is 0 Å². The molecule has 3 unspecified atom stereocenters. The van der Waals surface area contributed by atoms with Gasteiger partial charge in [-0.15, -0.1) is 0 Å². The van der Waals surface area contributed by atoms with Gasteiger partial charge in [0, 0.05) is 6.04 Å². The standard InChI is InChI=1S/C14H27NO2/c1-10(2)9-14(4,13(16)17)15-12-8-6-5-7-11(12)3/h10-12,15H,5-9H2,1-4H3,(H,16,17). The molecule has 17 heavy (non-hydrogen) atoms. The highest BCUT2D eigenvalue weighted by atomic mass is 16.4. The van der Waals surface area contributed by atoms with Gasteiger partial charge in [0.15, 0.2) is 0 Å². The van der Waals surface area contributed by atoms with Crippen LogP contribution in [-0.2, 0) is 4.79 Å². The molecule has 0 saturated heterocycles. The fourth-order valence-corrected chi connectivity index (χ4v) is 2.96. The van der Waals surface area contributed by atoms with Crippen molar-refractivity contribution in [2.75, 3.05) is 0 Å². The summed E-state index contributed by atoms with van der Waals surface area (Å²) in [5.74, 6) is 0.265. The Labute approximate surface area is 105 Å². The van der Waals surface area contributed by atoms with Gasteiger partial charge in [0.2, 0.25) is 0 Å². The predicted octanol–water partition coefficient (Wildman–Crippen LogP) is 3.04. The van der Waals surface area contributed by atoms with Gasteiger partial charge in [0.05, 0.1) is 0 Å². The number of nitrogens with one attached hydrogen (secondary N) is 1. The van der Waals surface area contributed by atoms with Crippen molar-refractivity contribution in [3.05, 3.63) is 0 Å². The Bertz CT molecular complexity index is 265. The van der Waals surface area contributed by atoms with E-state index in [4.69, 9.17) is 0 Å². The second kappa shape index (κ2) is 5.85. The summed E-state index contributed by atoms with van der Waals surface area (Å²) in [4.78, 5) is 11.5. The van der Waals surface area contributed by atoms with Crippen molar-refractivity contribution in [1.82, 2.24) is 5.32 Å². The first-order valence-electron chi connectivity index (χ1n) is 6.86. The van der Waals surface area contributed by atoms with Gasteiger partial charge in [0.1, 0.15) is 5.54 Å². The van der Waals surface area contributed by atoms with E-state index in [1.54, 1.807) is 0 Å². The molecule has 3 nitrogen and oxygen atoms in total. The van der Waals surface area contributed by atoms with Crippen LogP contribution in [-0.4, -0.2) is 22.7 Å². The van der Waals surface area contributed by atoms with Crippen LogP contribution >= 0.6 is 0 Å². The topological polar surface area (TPSA) is 49.3 Å². The lowest BCUT2D eigenvalue weighted by Gasteiger charge is -2.37. The van der Waals surface area contributed by atoms with Crippen LogP contribution in [0, 0.1) is 11.8 Å². The van der Waals surface area contributed by atoms with Crippen LogP contribution in [0.5, 0.6) is 0 Å². The third kappa shape index (κ3) is 3.98. The number of hydrogen-bond acceptors (Lipinski definition) is 2. The minimum absolute atomic E-state index is 0.364. The molecule has 0 aliphatic heterocycles. The highest BCUT2D eigenvalue weighted by Crippen LogP contribution is 2.27. The van der Waals surface area contributed by atoms with E-state index >= 15 is 0 Å². The smallest absolute Gasteiger partial charge is 0.323 e. The van der Waals surface area contributed by atoms with Crippen molar-refractivity contribution in [1.29, 1.82) is 0 Å². The molecule has 3 atom stereocenters. The molecule has 0 aromatic carbocycles. The van der Waals surface area contributed by atoms with Crippen molar-refractivity contribution in [2.24, 2.45) is 11.8 Å². The van der Waals surface area contributed by atoms with Crippen LogP contribution in [0.3, 0.4) is 0 Å². The van der Waals surface area contributed by atoms with Gasteiger partial charge in [-0.3, -0.25) is 10.1 Å². The predicted molar refractivity (Wildman–Crippen MR) is 70.1 cm³/mol. The summed E-state index contributed by atoms with van der Waals surface area (Å²) >= 11 is 0. The first kappa shape index (κ1) is 14.5. The summed E-state index contributed by atoms with van der Waals surface area (Å²) in [7, 11) is 0. The van der Waals surface area contributed by atoms with Crippen LogP contribution in [0.15, 0.2) is 0 Å². The quantitative estimate of drug-likeness (QED) is 0.778. The van der Waals surface area contributed by atoms with E-state index in [9.17, 15) is 9.90 Å². The Balaban J connectivity index is 2.68. The zero-order valence-corrected chi connectivity index (χ0v) is 11.6. The molecule has 0 aromatic rings. The summed E-state index contributed by atoms with van der Waals surface area (Å²) in [5.41, 5.74) is -0.773. The van der Waals surface area contributed by atoms with E-state index in [1.807, 2.05) is 6.92 Å². The summed E-state index contributed by atoms with van der Waals surface area (Å²) in [6, 6.07) is 0.364. The van der Waals surface area contributed by atoms with E-state index in [0.717, 1.165) is 6.42 Å². The van der Waals surface area contributed by atoms with Crippen LogP contribution < -0.4 is 5.32 Å². The van der Waals surface area contributed by atoms with Crippen molar-refractivity contribution in [3.8, 4) is 0 Å². The molecule has 2 N–H and O–H groups in total. The second-order valence-corrected chi connectivity index (χ2v) is 6.25. The monoisotopic (exact) mass is 241 g/mol. The Morgan fingerprint density at radius 2 is 2.00 bits per heavy atom. The number of rotatable bonds is 5. The summed E-state index contributed by atoms with van der Waals surface area (Å²) in [5, 5.41) is 12.8. The lowest BCUT2D eigenvalue weighted by atomic mass is 9.82. The molecule has 0 aromatic heterocycles. The number of carbonyl (C=O) groups is 1. The Kier molecular flexibility index (Phi) is 4.99. The normalized spacial score (nSPS) is 29.0. The Hall–Kier alpha value is -0.570. The molecule has 3 heteroatoms. The maximum atomic E-state index is 11.5. The summed E-state index contributed by atoms with van der Waals surface area (Å²) < 4.78 is 0. The maximum absolute atomic E-state index is 11.5. The first-order valence-corrected chi connectivity index (χ1v) is 6.86. The molecule has 1 aliphatic rings. The molecule has 0 amide bonds. The van der Waals surface area contributed by atoms with Crippen LogP contribution in [0.4, 0.5) is 0 Å². The number of carboxylic acids is 1. The van der Waals surface area contributed by atoms with Gasteiger partial charge >= 0.3 is 5.97 Å². The van der Waals surface area contributed by atoms with E-state index in [-0.39, 0.29) is 0 Å². The third-order valence-electron chi connectivity index (χ3n) is 3.90. The van der Waals surface area contributed by atoms with Crippen molar-refractivity contribution >= 4 is 5.97 Å². The minimum atomic E-state index is -0.773. The largest absolute Gasteiger partial charge is 0.480 e. The fourth-order valence-electron chi connectivity index (χ4n) is 2.96. The molecule has 0 heterocycles. The average Bonchev–Trinajstić information content (AvgIpc) is 2.20. The van der Waals surface area contributed by atoms with Gasteiger partial charge in [0.25, 0.3) is 0 Å². The van der Waals surface area contributed by atoms with Crippen LogP contribution in [0.1, 0.15) is 59.8 Å². The molecular formula is C14H27NO2. The Morgan fingerprint density at radius 1 is 1.41 bits per heavy atom. The molecule has 1 fully saturated rings. The number of hydrogen-bond donors (Lipinski definition) is 2. The second-order valence-electron chi connectivity index (χ2n) is 6.25. The van der Waals surface area contributed by atoms with Crippen LogP contribution in [0.2, 0.25) is 0 Å². The zero-order valence-electron chi connectivity index (χ0n) is 11.6. The van der Waals surface area contributed by atoms with Gasteiger partial charge in [-0.05, 0) is 38.0 Å². The number of aliphatic carboxylic acids is 1. The van der Waals surface area contributed by atoms with Gasteiger partial charge < -0.3 is 5.11 Å². The molecular weight excluding hydrogens is 214 g/mol. The molecule has 0 bridgehead atoms. The lowest BCUT2D eigenvalue weighted by molar-refractivity contribution is -0.145. The van der Waals surface area contributed by atoms with Gasteiger partial charge in [-0.2, -0.15) is 0 Å². The Morgan fingerprint density at radius 3 is 2.47 bits per heavy atom. The van der Waals surface area contributed by atoms with E-state index in [2.05, 4.69) is 26.1 Å². The molecule has 0 spiro atoms. The first-order chi connectivity index (χ1) is 7.85. The zero-order chi connectivity index (χ0) is 13.1. The van der Waals surface area contributed by atoms with E-state index < -0.39 is 11.5 Å². The summed E-state index contributed by atoms with van der Waals surface area (Å²) in [6.45, 7) is 8.21. The number of carboxylic acid groups (broad SMARTS) is 1. The molecule has 1 saturated carbocycles. The molecule has 1 aliphatic carbocycles. The molecule has 0 radical (unpaired) electrons. The van der Waals surface area contributed by atoms with Crippen molar-refractivity contribution in [2.45, 2.75) is 71.4 Å². The van der Waals surface area contributed by atoms with Gasteiger partial charge in [-0.25, -0.2) is 0 Å². The van der Waals surface area contributed by atoms with Gasteiger partial charge in [-0.1, -0.05) is 33.6 Å². The fraction of sp³-hybridized carbons (Fsp3) is 0.929. The molecule has 100 valence electrons. The van der Waals surface area contributed by atoms with E-state index in [0.29, 0.717) is 24.3 Å².